The van der Waals surface area contributed by atoms with Gasteiger partial charge in [0.2, 0.25) is 11.6 Å². The average molecular weight is 468 g/mol. The molecule has 5 rings (SSSR count). The van der Waals surface area contributed by atoms with Gasteiger partial charge in [0, 0.05) is 37.4 Å². The summed E-state index contributed by atoms with van der Waals surface area (Å²) in [7, 11) is 0. The average Bonchev–Trinajstić information content (AvgIpc) is 3.45. The van der Waals surface area contributed by atoms with Crippen molar-refractivity contribution in [1.82, 2.24) is 24.0 Å². The summed E-state index contributed by atoms with van der Waals surface area (Å²) in [5.74, 6) is 1.21. The summed E-state index contributed by atoms with van der Waals surface area (Å²) in [5, 5.41) is 9.05. The second-order valence-electron chi connectivity index (χ2n) is 8.55. The van der Waals surface area contributed by atoms with Crippen LogP contribution in [0.15, 0.2) is 18.5 Å². The van der Waals surface area contributed by atoms with E-state index in [0.717, 1.165) is 38.5 Å². The highest BCUT2D eigenvalue weighted by molar-refractivity contribution is 7.10. The number of halogens is 3. The van der Waals surface area contributed by atoms with E-state index in [2.05, 4.69) is 35.7 Å². The Morgan fingerprint density at radius 2 is 2.12 bits per heavy atom. The van der Waals surface area contributed by atoms with Gasteiger partial charge in [-0.25, -0.2) is 9.50 Å². The van der Waals surface area contributed by atoms with Crippen molar-refractivity contribution in [2.24, 2.45) is 11.8 Å². The fourth-order valence-corrected chi connectivity index (χ4v) is 5.45. The molecule has 3 aromatic rings. The lowest BCUT2D eigenvalue weighted by molar-refractivity contribution is -0.189. The van der Waals surface area contributed by atoms with E-state index in [1.54, 1.807) is 6.20 Å². The molecule has 4 atom stereocenters. The zero-order valence-corrected chi connectivity index (χ0v) is 18.5. The Morgan fingerprint density at radius 1 is 1.28 bits per heavy atom. The predicted molar refractivity (Wildman–Crippen MR) is 114 cm³/mol. The van der Waals surface area contributed by atoms with E-state index in [4.69, 9.17) is 4.74 Å². The van der Waals surface area contributed by atoms with Crippen molar-refractivity contribution in [3.63, 3.8) is 0 Å². The Bertz CT molecular complexity index is 1100. The van der Waals surface area contributed by atoms with E-state index in [9.17, 15) is 13.2 Å². The van der Waals surface area contributed by atoms with E-state index in [1.807, 2.05) is 6.92 Å². The van der Waals surface area contributed by atoms with Crippen LogP contribution in [0.4, 0.5) is 24.1 Å². The fourth-order valence-electron chi connectivity index (χ4n) is 4.67. The fraction of sp³-hybridized carbons (Fsp3) is 0.600. The zero-order valence-electron chi connectivity index (χ0n) is 17.7. The number of nitrogens with zero attached hydrogens (tertiary/aromatic N) is 6. The molecule has 4 heterocycles. The van der Waals surface area contributed by atoms with Gasteiger partial charge >= 0.3 is 6.18 Å². The number of hydrogen-bond donors (Lipinski definition) is 1. The maximum Gasteiger partial charge on any atom is 0.425 e. The highest BCUT2D eigenvalue weighted by Crippen LogP contribution is 2.40. The largest absolute Gasteiger partial charge is 0.462 e. The Morgan fingerprint density at radius 3 is 2.88 bits per heavy atom. The molecule has 0 aromatic carbocycles. The summed E-state index contributed by atoms with van der Waals surface area (Å²) < 4.78 is 49.6. The lowest BCUT2D eigenvalue weighted by atomic mass is 9.78. The van der Waals surface area contributed by atoms with Crippen LogP contribution in [0.5, 0.6) is 5.88 Å². The van der Waals surface area contributed by atoms with Gasteiger partial charge < -0.3 is 15.0 Å². The van der Waals surface area contributed by atoms with Gasteiger partial charge in [0.25, 0.3) is 5.88 Å². The molecule has 32 heavy (non-hydrogen) atoms. The quantitative estimate of drug-likeness (QED) is 0.609. The summed E-state index contributed by atoms with van der Waals surface area (Å²) in [6, 6.07) is 2.32. The monoisotopic (exact) mass is 467 g/mol. The van der Waals surface area contributed by atoms with Crippen LogP contribution in [0, 0.1) is 18.8 Å². The summed E-state index contributed by atoms with van der Waals surface area (Å²) >= 11 is 1.54. The van der Waals surface area contributed by atoms with Gasteiger partial charge in [-0.3, -0.25) is 0 Å². The van der Waals surface area contributed by atoms with E-state index >= 15 is 0 Å². The van der Waals surface area contributed by atoms with Crippen LogP contribution in [0.1, 0.15) is 31.9 Å². The summed E-state index contributed by atoms with van der Waals surface area (Å²) in [5.41, 5.74) is 1.20. The minimum atomic E-state index is -4.49. The maximum absolute atomic E-state index is 12.9. The number of fused-ring (bicyclic) bond motifs is 2. The minimum absolute atomic E-state index is 0.159. The van der Waals surface area contributed by atoms with Crippen LogP contribution in [0.25, 0.3) is 5.65 Å². The molecule has 0 bridgehead atoms. The van der Waals surface area contributed by atoms with Crippen molar-refractivity contribution in [2.45, 2.75) is 51.4 Å². The topological polar surface area (TPSA) is 80.5 Å². The smallest absolute Gasteiger partial charge is 0.425 e. The molecule has 1 N–H and O–H groups in total. The number of hydrogen-bond acceptors (Lipinski definition) is 8. The lowest BCUT2D eigenvalue weighted by Gasteiger charge is -2.32. The third-order valence-electron chi connectivity index (χ3n) is 6.31. The van der Waals surface area contributed by atoms with Crippen molar-refractivity contribution in [3.8, 4) is 5.88 Å². The van der Waals surface area contributed by atoms with Gasteiger partial charge in [0.05, 0.1) is 5.69 Å². The highest BCUT2D eigenvalue weighted by Gasteiger charge is 2.41. The molecule has 2 fully saturated rings. The van der Waals surface area contributed by atoms with Crippen LogP contribution >= 0.6 is 11.5 Å². The molecule has 172 valence electrons. The molecule has 12 heteroatoms. The number of aromatic nitrogens is 5. The van der Waals surface area contributed by atoms with Crippen molar-refractivity contribution >= 4 is 28.1 Å². The van der Waals surface area contributed by atoms with Gasteiger partial charge in [-0.05, 0) is 50.2 Å². The molecular formula is C20H24F3N7OS. The first-order valence-corrected chi connectivity index (χ1v) is 11.4. The minimum Gasteiger partial charge on any atom is -0.462 e. The molecule has 1 unspecified atom stereocenters. The van der Waals surface area contributed by atoms with Crippen LogP contribution in [0.2, 0.25) is 0 Å². The van der Waals surface area contributed by atoms with Gasteiger partial charge in [0.15, 0.2) is 6.10 Å². The molecule has 0 radical (unpaired) electrons. The van der Waals surface area contributed by atoms with Gasteiger partial charge in [0.1, 0.15) is 5.00 Å². The number of nitrogens with one attached hydrogen (secondary N) is 1. The standard InChI is InChI=1S/C20H24F3N7OS/c1-11-8-16(32-28-11)29-9-13-4-3-5-15(14(13)10-29)25-19-26-17-18(24-6-7-30(17)27-19)31-12(2)20(21,22)23/h6-8,12-15H,3-5,9-10H2,1-2H3,(H,25,27)/t12-,13?,14-,15-/m1/s1. The molecule has 2 aliphatic rings. The SMILES string of the molecule is Cc1cc(N2CC3CCC[C@@H](Nc4nc5c(O[C@H](C)C(F)(F)F)nccn5n4)[C@@H]3C2)sn1. The maximum atomic E-state index is 12.9. The number of anilines is 2. The molecular weight excluding hydrogens is 443 g/mol. The summed E-state index contributed by atoms with van der Waals surface area (Å²) in [4.78, 5) is 10.7. The second kappa shape index (κ2) is 8.05. The van der Waals surface area contributed by atoms with Crippen LogP contribution < -0.4 is 15.0 Å². The van der Waals surface area contributed by atoms with Crippen molar-refractivity contribution in [3.05, 3.63) is 24.2 Å². The molecule has 1 saturated carbocycles. The van der Waals surface area contributed by atoms with Crippen molar-refractivity contribution in [2.75, 3.05) is 23.3 Å². The molecule has 0 spiro atoms. The molecule has 1 saturated heterocycles. The van der Waals surface area contributed by atoms with E-state index in [-0.39, 0.29) is 17.6 Å². The van der Waals surface area contributed by atoms with Gasteiger partial charge in [-0.2, -0.15) is 22.5 Å². The van der Waals surface area contributed by atoms with Crippen LogP contribution in [-0.2, 0) is 0 Å². The molecule has 0 amide bonds. The number of aryl methyl sites for hydroxylation is 1. The first-order chi connectivity index (χ1) is 15.3. The number of rotatable bonds is 5. The van der Waals surface area contributed by atoms with Gasteiger partial charge in [-0.1, -0.05) is 6.42 Å². The predicted octanol–water partition coefficient (Wildman–Crippen LogP) is 3.94. The Labute approximate surface area is 187 Å². The van der Waals surface area contributed by atoms with E-state index in [1.165, 1.54) is 33.7 Å². The normalized spacial score (nSPS) is 24.5. The summed E-state index contributed by atoms with van der Waals surface area (Å²) in [6.45, 7) is 4.90. The van der Waals surface area contributed by atoms with Gasteiger partial charge in [-0.15, -0.1) is 5.10 Å². The first-order valence-electron chi connectivity index (χ1n) is 10.7. The molecule has 1 aliphatic heterocycles. The van der Waals surface area contributed by atoms with E-state index in [0.29, 0.717) is 17.8 Å². The highest BCUT2D eigenvalue weighted by atomic mass is 32.1. The lowest BCUT2D eigenvalue weighted by Crippen LogP contribution is -2.37. The Balaban J connectivity index is 1.33. The van der Waals surface area contributed by atoms with Crippen LogP contribution in [0.3, 0.4) is 0 Å². The van der Waals surface area contributed by atoms with Crippen molar-refractivity contribution < 1.29 is 17.9 Å². The third-order valence-corrected chi connectivity index (χ3v) is 7.25. The number of ether oxygens (including phenoxy) is 1. The Kier molecular flexibility index (Phi) is 5.34. The zero-order chi connectivity index (χ0) is 22.5. The number of alkyl halides is 3. The molecule has 1 aliphatic carbocycles. The third kappa shape index (κ3) is 4.07. The van der Waals surface area contributed by atoms with Crippen LogP contribution in [-0.4, -0.2) is 55.4 Å². The molecule has 8 nitrogen and oxygen atoms in total. The molecule has 3 aromatic heterocycles. The second-order valence-corrected chi connectivity index (χ2v) is 9.34. The Hall–Kier alpha value is -2.63. The van der Waals surface area contributed by atoms with Crippen molar-refractivity contribution in [1.29, 1.82) is 0 Å². The first kappa shape index (κ1) is 21.2. The van der Waals surface area contributed by atoms with E-state index < -0.39 is 12.3 Å². The summed E-state index contributed by atoms with van der Waals surface area (Å²) in [6.07, 6.45) is -0.281.